The Kier molecular flexibility index (Phi) is 4.53. The van der Waals surface area contributed by atoms with Gasteiger partial charge < -0.3 is 8.83 Å². The van der Waals surface area contributed by atoms with Crippen LogP contribution in [0.25, 0.3) is 22.5 Å². The van der Waals surface area contributed by atoms with E-state index < -0.39 is 5.91 Å². The van der Waals surface area contributed by atoms with Crippen LogP contribution < -0.4 is 5.32 Å². The highest BCUT2D eigenvalue weighted by atomic mass is 16.4. The molecule has 28 heavy (non-hydrogen) atoms. The van der Waals surface area contributed by atoms with E-state index in [-0.39, 0.29) is 17.2 Å². The summed E-state index contributed by atoms with van der Waals surface area (Å²) in [6.45, 7) is 1.76. The lowest BCUT2D eigenvalue weighted by Crippen LogP contribution is -2.11. The molecule has 2 aromatic heterocycles. The van der Waals surface area contributed by atoms with Gasteiger partial charge in [-0.3, -0.25) is 10.1 Å². The van der Waals surface area contributed by atoms with E-state index in [9.17, 15) is 10.1 Å². The molecular weight excluding hydrogens is 352 g/mol. The zero-order chi connectivity index (χ0) is 19.5. The van der Waals surface area contributed by atoms with Crippen molar-refractivity contribution in [2.75, 3.05) is 5.32 Å². The Hall–Kier alpha value is -4.04. The van der Waals surface area contributed by atoms with E-state index in [1.54, 1.807) is 19.1 Å². The summed E-state index contributed by atoms with van der Waals surface area (Å²) < 4.78 is 11.3. The molecule has 0 fully saturated rings. The topological polar surface area (TPSA) is 79.2 Å². The first-order valence-corrected chi connectivity index (χ1v) is 8.73. The molecule has 0 radical (unpaired) electrons. The molecule has 4 rings (SSSR count). The maximum atomic E-state index is 12.5. The molecule has 1 N–H and O–H groups in total. The zero-order valence-corrected chi connectivity index (χ0v) is 15.1. The number of carbonyl (C=O) groups excluding carboxylic acids is 1. The van der Waals surface area contributed by atoms with Gasteiger partial charge in [0, 0.05) is 11.1 Å². The number of nitrogens with one attached hydrogen (secondary N) is 1. The molecule has 0 saturated heterocycles. The van der Waals surface area contributed by atoms with Crippen molar-refractivity contribution in [1.82, 2.24) is 0 Å². The summed E-state index contributed by atoms with van der Waals surface area (Å²) in [5, 5.41) is 12.5. The molecule has 5 nitrogen and oxygen atoms in total. The second-order valence-electron chi connectivity index (χ2n) is 6.22. The highest BCUT2D eigenvalue weighted by Gasteiger charge is 2.25. The number of carbonyl (C=O) groups is 1. The predicted octanol–water partition coefficient (Wildman–Crippen LogP) is 5.64. The van der Waals surface area contributed by atoms with Crippen molar-refractivity contribution in [3.8, 4) is 28.5 Å². The van der Waals surface area contributed by atoms with Crippen LogP contribution >= 0.6 is 0 Å². The van der Waals surface area contributed by atoms with Gasteiger partial charge in [-0.05, 0) is 24.6 Å². The van der Waals surface area contributed by atoms with Gasteiger partial charge in [0.05, 0.1) is 0 Å². The van der Waals surface area contributed by atoms with Crippen LogP contribution in [-0.2, 0) is 0 Å². The number of hydrogen-bond acceptors (Lipinski definition) is 4. The predicted molar refractivity (Wildman–Crippen MR) is 106 cm³/mol. The SMILES string of the molecule is Cc1ccc(C(=O)Nc2oc(-c3ccccc3)c(-c3ccccc3)c2C#N)o1. The van der Waals surface area contributed by atoms with Crippen LogP contribution in [0.2, 0.25) is 0 Å². The lowest BCUT2D eigenvalue weighted by Gasteiger charge is -2.03. The van der Waals surface area contributed by atoms with E-state index in [2.05, 4.69) is 11.4 Å². The Labute approximate surface area is 161 Å². The minimum Gasteiger partial charge on any atom is -0.456 e. The standard InChI is InChI=1S/C23H16N2O3/c1-15-12-13-19(27-15)22(26)25-23-18(14-24)20(16-8-4-2-5-9-16)21(28-23)17-10-6-3-7-11-17/h2-13H,1H3,(H,25,26). The van der Waals surface area contributed by atoms with Crippen LogP contribution in [0.5, 0.6) is 0 Å². The van der Waals surface area contributed by atoms with Crippen molar-refractivity contribution in [1.29, 1.82) is 5.26 Å². The summed E-state index contributed by atoms with van der Waals surface area (Å²) in [7, 11) is 0. The summed E-state index contributed by atoms with van der Waals surface area (Å²) in [4.78, 5) is 12.5. The van der Waals surface area contributed by atoms with Crippen molar-refractivity contribution >= 4 is 11.8 Å². The first-order chi connectivity index (χ1) is 13.7. The van der Waals surface area contributed by atoms with Crippen molar-refractivity contribution in [2.24, 2.45) is 0 Å². The monoisotopic (exact) mass is 368 g/mol. The third-order valence-corrected chi connectivity index (χ3v) is 4.31. The normalized spacial score (nSPS) is 10.4. The fourth-order valence-corrected chi connectivity index (χ4v) is 3.02. The van der Waals surface area contributed by atoms with Crippen molar-refractivity contribution in [2.45, 2.75) is 6.92 Å². The van der Waals surface area contributed by atoms with Crippen LogP contribution in [0.3, 0.4) is 0 Å². The van der Waals surface area contributed by atoms with Crippen molar-refractivity contribution in [3.05, 3.63) is 89.9 Å². The summed E-state index contributed by atoms with van der Waals surface area (Å²) >= 11 is 0. The van der Waals surface area contributed by atoms with E-state index in [1.807, 2.05) is 60.7 Å². The molecule has 0 aliphatic rings. The zero-order valence-electron chi connectivity index (χ0n) is 15.1. The summed E-state index contributed by atoms with van der Waals surface area (Å²) in [6, 6.07) is 24.4. The molecule has 0 aliphatic carbocycles. The number of anilines is 1. The van der Waals surface area contributed by atoms with Crippen LogP contribution in [0, 0.1) is 18.3 Å². The number of hydrogen-bond donors (Lipinski definition) is 1. The number of benzene rings is 2. The molecule has 1 amide bonds. The number of nitriles is 1. The van der Waals surface area contributed by atoms with Gasteiger partial charge in [-0.1, -0.05) is 60.7 Å². The molecule has 0 saturated carbocycles. The highest BCUT2D eigenvalue weighted by Crippen LogP contribution is 2.41. The van der Waals surface area contributed by atoms with Gasteiger partial charge in [-0.25, -0.2) is 0 Å². The minimum atomic E-state index is -0.474. The van der Waals surface area contributed by atoms with Crippen LogP contribution in [0.4, 0.5) is 5.88 Å². The molecule has 0 unspecified atom stereocenters. The average molecular weight is 368 g/mol. The Morgan fingerprint density at radius 1 is 0.893 bits per heavy atom. The third-order valence-electron chi connectivity index (χ3n) is 4.31. The number of nitrogens with zero attached hydrogens (tertiary/aromatic N) is 1. The van der Waals surface area contributed by atoms with Crippen LogP contribution in [0.1, 0.15) is 21.9 Å². The van der Waals surface area contributed by atoms with Gasteiger partial charge in [0.1, 0.15) is 23.2 Å². The summed E-state index contributed by atoms with van der Waals surface area (Å²) in [5.41, 5.74) is 2.55. The fraction of sp³-hybridized carbons (Fsp3) is 0.0435. The smallest absolute Gasteiger partial charge is 0.293 e. The molecule has 4 aromatic rings. The second kappa shape index (κ2) is 7.29. The number of furan rings is 2. The lowest BCUT2D eigenvalue weighted by molar-refractivity contribution is 0.0993. The molecule has 5 heteroatoms. The quantitative estimate of drug-likeness (QED) is 0.505. The van der Waals surface area contributed by atoms with E-state index in [4.69, 9.17) is 8.83 Å². The number of rotatable bonds is 4. The number of amides is 1. The van der Waals surface area contributed by atoms with Crippen LogP contribution in [-0.4, -0.2) is 5.91 Å². The first-order valence-electron chi connectivity index (χ1n) is 8.73. The maximum absolute atomic E-state index is 12.5. The van der Waals surface area contributed by atoms with Gasteiger partial charge in [-0.15, -0.1) is 0 Å². The molecular formula is C23H16N2O3. The van der Waals surface area contributed by atoms with E-state index >= 15 is 0 Å². The molecule has 0 bridgehead atoms. The fourth-order valence-electron chi connectivity index (χ4n) is 3.02. The van der Waals surface area contributed by atoms with Gasteiger partial charge >= 0.3 is 0 Å². The molecule has 0 aliphatic heterocycles. The van der Waals surface area contributed by atoms with E-state index in [0.717, 1.165) is 11.1 Å². The van der Waals surface area contributed by atoms with E-state index in [1.165, 1.54) is 0 Å². The van der Waals surface area contributed by atoms with Gasteiger partial charge in [0.25, 0.3) is 5.91 Å². The Morgan fingerprint density at radius 2 is 1.54 bits per heavy atom. The molecule has 0 spiro atoms. The van der Waals surface area contributed by atoms with Gasteiger partial charge in [0.2, 0.25) is 5.88 Å². The van der Waals surface area contributed by atoms with Crippen LogP contribution in [0.15, 0.2) is 81.6 Å². The van der Waals surface area contributed by atoms with Crippen molar-refractivity contribution < 1.29 is 13.6 Å². The highest BCUT2D eigenvalue weighted by molar-refractivity contribution is 6.03. The van der Waals surface area contributed by atoms with Gasteiger partial charge in [-0.2, -0.15) is 5.26 Å². The third kappa shape index (κ3) is 3.19. The lowest BCUT2D eigenvalue weighted by atomic mass is 9.98. The number of aryl methyl sites for hydroxylation is 1. The first kappa shape index (κ1) is 17.4. The minimum absolute atomic E-state index is 0.0965. The Balaban J connectivity index is 1.85. The second-order valence-corrected chi connectivity index (χ2v) is 6.22. The molecule has 0 atom stereocenters. The maximum Gasteiger partial charge on any atom is 0.293 e. The summed E-state index contributed by atoms with van der Waals surface area (Å²) in [5.74, 6) is 0.923. The van der Waals surface area contributed by atoms with Crippen molar-refractivity contribution in [3.63, 3.8) is 0 Å². The Bertz CT molecular complexity index is 1170. The van der Waals surface area contributed by atoms with E-state index in [0.29, 0.717) is 17.1 Å². The Morgan fingerprint density at radius 3 is 2.11 bits per heavy atom. The molecule has 136 valence electrons. The molecule has 2 heterocycles. The summed E-state index contributed by atoms with van der Waals surface area (Å²) in [6.07, 6.45) is 0. The largest absolute Gasteiger partial charge is 0.456 e. The molecule has 2 aromatic carbocycles. The van der Waals surface area contributed by atoms with Gasteiger partial charge in [0.15, 0.2) is 5.76 Å². The average Bonchev–Trinajstić information content (AvgIpc) is 3.33.